The lowest BCUT2D eigenvalue weighted by Crippen LogP contribution is -2.38. The van der Waals surface area contributed by atoms with Crippen molar-refractivity contribution in [3.05, 3.63) is 105 Å². The second-order valence-corrected chi connectivity index (χ2v) is 11.1. The monoisotopic (exact) mass is 540 g/mol. The molecule has 4 aromatic rings. The molecule has 0 spiro atoms. The number of nitro groups is 1. The van der Waals surface area contributed by atoms with E-state index < -0.39 is 0 Å². The summed E-state index contributed by atoms with van der Waals surface area (Å²) in [6, 6.07) is 21.0. The molecule has 1 amide bonds. The number of rotatable bonds is 8. The predicted molar refractivity (Wildman–Crippen MR) is 158 cm³/mol. The summed E-state index contributed by atoms with van der Waals surface area (Å²) in [7, 11) is 5.90. The number of aromatic nitrogens is 1. The third-order valence-electron chi connectivity index (χ3n) is 7.67. The zero-order valence-corrected chi connectivity index (χ0v) is 22.9. The minimum atomic E-state index is -0.370. The SMILES string of the molecule is Cn1c(C[N+](C)(C)Cc2ccc(/C=C/C(=O)N3CC(CO)c4c3cc(N)c3ccccc43)cc2)ccc1[N+](=O)[O-]. The van der Waals surface area contributed by atoms with Gasteiger partial charge in [0.15, 0.2) is 5.69 Å². The molecule has 9 heteroatoms. The number of carbonyl (C=O) groups is 1. The van der Waals surface area contributed by atoms with Crippen LogP contribution in [-0.2, 0) is 24.9 Å². The van der Waals surface area contributed by atoms with Gasteiger partial charge in [-0.25, -0.2) is 4.57 Å². The van der Waals surface area contributed by atoms with Crippen LogP contribution >= 0.6 is 0 Å². The van der Waals surface area contributed by atoms with E-state index >= 15 is 0 Å². The summed E-state index contributed by atoms with van der Waals surface area (Å²) in [5.74, 6) is -0.243. The molecule has 0 saturated heterocycles. The Morgan fingerprint density at radius 1 is 1.10 bits per heavy atom. The van der Waals surface area contributed by atoms with Crippen molar-refractivity contribution in [3.63, 3.8) is 0 Å². The molecule has 0 saturated carbocycles. The molecule has 9 nitrogen and oxygen atoms in total. The number of fused-ring (bicyclic) bond motifs is 3. The van der Waals surface area contributed by atoms with Gasteiger partial charge in [-0.05, 0) is 39.6 Å². The van der Waals surface area contributed by atoms with E-state index in [-0.39, 0.29) is 29.2 Å². The lowest BCUT2D eigenvalue weighted by molar-refractivity contribution is -0.917. The highest BCUT2D eigenvalue weighted by atomic mass is 16.6. The number of aliphatic hydroxyl groups excluding tert-OH is 1. The first kappa shape index (κ1) is 27.1. The molecule has 0 bridgehead atoms. The Balaban J connectivity index is 1.28. The second kappa shape index (κ2) is 10.6. The molecular weight excluding hydrogens is 506 g/mol. The Morgan fingerprint density at radius 2 is 1.80 bits per heavy atom. The molecule has 2 heterocycles. The van der Waals surface area contributed by atoms with Gasteiger partial charge in [0.25, 0.3) is 5.91 Å². The Kier molecular flexibility index (Phi) is 7.18. The van der Waals surface area contributed by atoms with Gasteiger partial charge in [-0.15, -0.1) is 0 Å². The van der Waals surface area contributed by atoms with Crippen LogP contribution in [0.3, 0.4) is 0 Å². The maximum Gasteiger partial charge on any atom is 0.323 e. The summed E-state index contributed by atoms with van der Waals surface area (Å²) in [5, 5.41) is 23.1. The first-order valence-electron chi connectivity index (χ1n) is 13.2. The number of quaternary nitrogens is 1. The third kappa shape index (κ3) is 5.21. The number of benzene rings is 3. The maximum absolute atomic E-state index is 13.3. The highest BCUT2D eigenvalue weighted by Gasteiger charge is 2.33. The highest BCUT2D eigenvalue weighted by Crippen LogP contribution is 2.43. The predicted octanol–water partition coefficient (Wildman–Crippen LogP) is 4.58. The smallest absolute Gasteiger partial charge is 0.323 e. The number of nitrogen functional groups attached to an aromatic ring is 1. The van der Waals surface area contributed by atoms with Crippen molar-refractivity contribution in [2.24, 2.45) is 7.05 Å². The Morgan fingerprint density at radius 3 is 2.45 bits per heavy atom. The van der Waals surface area contributed by atoms with Crippen LogP contribution in [0.2, 0.25) is 0 Å². The van der Waals surface area contributed by atoms with Gasteiger partial charge in [0.2, 0.25) is 0 Å². The summed E-state index contributed by atoms with van der Waals surface area (Å²) in [4.78, 5) is 25.8. The molecule has 3 aromatic carbocycles. The van der Waals surface area contributed by atoms with Crippen LogP contribution in [0.1, 0.15) is 28.3 Å². The highest BCUT2D eigenvalue weighted by molar-refractivity contribution is 6.09. The first-order valence-corrected chi connectivity index (χ1v) is 13.2. The molecule has 5 rings (SSSR count). The molecule has 1 aliphatic heterocycles. The van der Waals surface area contributed by atoms with E-state index in [1.165, 1.54) is 0 Å². The topological polar surface area (TPSA) is 115 Å². The van der Waals surface area contributed by atoms with E-state index in [0.29, 0.717) is 23.3 Å². The van der Waals surface area contributed by atoms with Crippen LogP contribution in [-0.4, -0.2) is 52.2 Å². The third-order valence-corrected chi connectivity index (χ3v) is 7.67. The van der Waals surface area contributed by atoms with Gasteiger partial charge in [-0.1, -0.05) is 48.5 Å². The average molecular weight is 541 g/mol. The van der Waals surface area contributed by atoms with Crippen LogP contribution in [0.5, 0.6) is 0 Å². The minimum absolute atomic E-state index is 0.0499. The molecule has 3 N–H and O–H groups in total. The number of nitrogens with two attached hydrogens (primary N) is 1. The molecule has 0 aliphatic carbocycles. The number of anilines is 2. The summed E-state index contributed by atoms with van der Waals surface area (Å²) in [5.41, 5.74) is 11.6. The van der Waals surface area contributed by atoms with E-state index in [2.05, 4.69) is 14.1 Å². The summed E-state index contributed by atoms with van der Waals surface area (Å²) in [6.07, 6.45) is 3.36. The van der Waals surface area contributed by atoms with Crippen LogP contribution in [0.4, 0.5) is 17.2 Å². The maximum atomic E-state index is 13.3. The van der Waals surface area contributed by atoms with Crippen molar-refractivity contribution in [2.75, 3.05) is 37.9 Å². The van der Waals surface area contributed by atoms with Crippen LogP contribution in [0.25, 0.3) is 16.8 Å². The summed E-state index contributed by atoms with van der Waals surface area (Å²) >= 11 is 0. The number of hydrogen-bond donors (Lipinski definition) is 2. The van der Waals surface area contributed by atoms with Gasteiger partial charge in [-0.2, -0.15) is 0 Å². The van der Waals surface area contributed by atoms with E-state index in [0.717, 1.165) is 45.4 Å². The van der Waals surface area contributed by atoms with Gasteiger partial charge in [0.05, 0.1) is 33.4 Å². The number of carbonyl (C=O) groups excluding carboxylic acids is 1. The van der Waals surface area contributed by atoms with E-state index in [1.807, 2.05) is 54.6 Å². The lowest BCUT2D eigenvalue weighted by Gasteiger charge is -2.29. The fourth-order valence-corrected chi connectivity index (χ4v) is 5.69. The van der Waals surface area contributed by atoms with Crippen molar-refractivity contribution in [2.45, 2.75) is 19.0 Å². The largest absolute Gasteiger partial charge is 0.398 e. The molecule has 1 unspecified atom stereocenters. The molecule has 1 atom stereocenters. The van der Waals surface area contributed by atoms with Crippen molar-refractivity contribution in [1.82, 2.24) is 4.57 Å². The van der Waals surface area contributed by atoms with E-state index in [1.54, 1.807) is 40.8 Å². The van der Waals surface area contributed by atoms with Crippen molar-refractivity contribution in [3.8, 4) is 0 Å². The van der Waals surface area contributed by atoms with Crippen molar-refractivity contribution < 1.29 is 19.3 Å². The molecule has 1 aromatic heterocycles. The fraction of sp³-hybridized carbons (Fsp3) is 0.258. The zero-order valence-electron chi connectivity index (χ0n) is 22.9. The average Bonchev–Trinajstić information content (AvgIpc) is 3.48. The minimum Gasteiger partial charge on any atom is -0.398 e. The van der Waals surface area contributed by atoms with Crippen LogP contribution in [0.15, 0.2) is 72.8 Å². The fourth-order valence-electron chi connectivity index (χ4n) is 5.69. The summed E-state index contributed by atoms with van der Waals surface area (Å²) in [6.45, 7) is 1.74. The molecule has 0 fully saturated rings. The first-order chi connectivity index (χ1) is 19.1. The second-order valence-electron chi connectivity index (χ2n) is 11.1. The Hall–Kier alpha value is -4.47. The van der Waals surface area contributed by atoms with Gasteiger partial charge in [0.1, 0.15) is 13.1 Å². The standard InChI is InChI=1S/C31H34N5O4/c1-33-24(13-14-29(33)35(39)40)19-36(2,3)18-22-10-8-21(9-11-22)12-15-30(38)34-17-23(20-37)31-26-7-5-4-6-25(26)27(32)16-28(31)34/h4-16,23,37H,17-20,32H2,1-3H3/q+1/b15-12+. The quantitative estimate of drug-likeness (QED) is 0.112. The normalized spacial score (nSPS) is 15.2. The van der Waals surface area contributed by atoms with Gasteiger partial charge in [-0.3, -0.25) is 4.79 Å². The summed E-state index contributed by atoms with van der Waals surface area (Å²) < 4.78 is 2.25. The van der Waals surface area contributed by atoms with Crippen molar-refractivity contribution in [1.29, 1.82) is 0 Å². The van der Waals surface area contributed by atoms with E-state index in [9.17, 15) is 20.0 Å². The Bertz CT molecular complexity index is 1620. The van der Waals surface area contributed by atoms with Crippen LogP contribution < -0.4 is 10.6 Å². The number of nitrogens with zero attached hydrogens (tertiary/aromatic N) is 4. The Labute approximate surface area is 233 Å². The zero-order chi connectivity index (χ0) is 28.6. The van der Waals surface area contributed by atoms with Crippen molar-refractivity contribution >= 4 is 39.9 Å². The molecule has 0 radical (unpaired) electrons. The molecular formula is C31H34N5O4+. The van der Waals surface area contributed by atoms with Gasteiger partial charge in [0, 0.05) is 41.2 Å². The molecule has 1 aliphatic rings. The number of amides is 1. The number of aliphatic hydroxyl groups is 1. The molecule has 206 valence electrons. The molecule has 40 heavy (non-hydrogen) atoms. The van der Waals surface area contributed by atoms with Gasteiger partial charge >= 0.3 is 5.82 Å². The van der Waals surface area contributed by atoms with Crippen LogP contribution in [0, 0.1) is 10.1 Å². The lowest BCUT2D eigenvalue weighted by atomic mass is 9.94. The van der Waals surface area contributed by atoms with Gasteiger partial charge < -0.3 is 30.3 Å². The van der Waals surface area contributed by atoms with E-state index in [4.69, 9.17) is 5.73 Å². The number of hydrogen-bond acceptors (Lipinski definition) is 5.